The highest BCUT2D eigenvalue weighted by Gasteiger charge is 2.16. The number of hydrogen-bond donors (Lipinski definition) is 1. The van der Waals surface area contributed by atoms with Gasteiger partial charge in [-0.05, 0) is 31.0 Å². The molecule has 0 aliphatic rings. The molecule has 4 heteroatoms. The second kappa shape index (κ2) is 6.11. The van der Waals surface area contributed by atoms with E-state index in [1.807, 2.05) is 50.2 Å². The maximum absolute atomic E-state index is 12.4. The van der Waals surface area contributed by atoms with Gasteiger partial charge in [-0.15, -0.1) is 11.3 Å². The number of amides is 1. The van der Waals surface area contributed by atoms with Gasteiger partial charge in [-0.25, -0.2) is 0 Å². The third-order valence-electron chi connectivity index (χ3n) is 3.56. The molecule has 3 rings (SSSR count). The number of rotatable bonds is 3. The molecule has 0 saturated heterocycles. The molecule has 3 aromatic rings. The van der Waals surface area contributed by atoms with E-state index in [-0.39, 0.29) is 5.91 Å². The fraction of sp³-hybridized carbons (Fsp3) is 0.167. The molecule has 1 N–H and O–H groups in total. The molecule has 1 amide bonds. The van der Waals surface area contributed by atoms with Crippen LogP contribution in [0.2, 0.25) is 5.02 Å². The first-order chi connectivity index (χ1) is 10.5. The van der Waals surface area contributed by atoms with Gasteiger partial charge in [-0.1, -0.05) is 53.6 Å². The third kappa shape index (κ3) is 3.01. The average Bonchev–Trinajstić information content (AvgIpc) is 2.83. The summed E-state index contributed by atoms with van der Waals surface area (Å²) in [6.45, 7) is 4.58. The smallest absolute Gasteiger partial charge is 0.263 e. The summed E-state index contributed by atoms with van der Waals surface area (Å²) in [5.41, 5.74) is 3.45. The Labute approximate surface area is 138 Å². The minimum absolute atomic E-state index is 0.121. The lowest BCUT2D eigenvalue weighted by Crippen LogP contribution is -2.22. The van der Waals surface area contributed by atoms with Gasteiger partial charge in [0.1, 0.15) is 4.88 Å². The molecule has 2 nitrogen and oxygen atoms in total. The van der Waals surface area contributed by atoms with Gasteiger partial charge in [0.25, 0.3) is 5.91 Å². The summed E-state index contributed by atoms with van der Waals surface area (Å²) in [6.07, 6.45) is 0. The zero-order chi connectivity index (χ0) is 15.7. The van der Waals surface area contributed by atoms with Crippen molar-refractivity contribution in [3.63, 3.8) is 0 Å². The maximum atomic E-state index is 12.4. The van der Waals surface area contributed by atoms with Crippen LogP contribution in [-0.2, 0) is 6.54 Å². The van der Waals surface area contributed by atoms with Crippen LogP contribution in [-0.4, -0.2) is 5.91 Å². The summed E-state index contributed by atoms with van der Waals surface area (Å²) >= 11 is 7.80. The largest absolute Gasteiger partial charge is 0.347 e. The number of carbonyl (C=O) groups excluding carboxylic acids is 1. The fourth-order valence-corrected chi connectivity index (χ4v) is 3.82. The average molecular weight is 330 g/mol. The topological polar surface area (TPSA) is 29.1 Å². The van der Waals surface area contributed by atoms with E-state index in [2.05, 4.69) is 11.4 Å². The third-order valence-corrected chi connectivity index (χ3v) is 5.22. The Kier molecular flexibility index (Phi) is 4.19. The first-order valence-corrected chi connectivity index (χ1v) is 8.26. The summed E-state index contributed by atoms with van der Waals surface area (Å²) in [6, 6.07) is 14.2. The predicted molar refractivity (Wildman–Crippen MR) is 93.9 cm³/mol. The second-order valence-electron chi connectivity index (χ2n) is 5.41. The molecule has 0 aliphatic heterocycles. The second-order valence-corrected chi connectivity index (χ2v) is 6.84. The van der Waals surface area contributed by atoms with Gasteiger partial charge in [0.2, 0.25) is 0 Å². The SMILES string of the molecule is Cc1ccc(CNC(=O)c2sc3cc(C)ccc3c2Cl)cc1. The Balaban J connectivity index is 1.80. The molecule has 0 aliphatic carbocycles. The molecule has 0 fully saturated rings. The molecule has 0 bridgehead atoms. The zero-order valence-electron chi connectivity index (χ0n) is 12.4. The summed E-state index contributed by atoms with van der Waals surface area (Å²) in [5, 5.41) is 4.42. The first-order valence-electron chi connectivity index (χ1n) is 7.07. The molecule has 0 spiro atoms. The zero-order valence-corrected chi connectivity index (χ0v) is 14.0. The van der Waals surface area contributed by atoms with Crippen LogP contribution in [0.1, 0.15) is 26.4 Å². The normalized spacial score (nSPS) is 10.9. The minimum Gasteiger partial charge on any atom is -0.347 e. The van der Waals surface area contributed by atoms with Crippen molar-refractivity contribution < 1.29 is 4.79 Å². The molecule has 1 aromatic heterocycles. The maximum Gasteiger partial charge on any atom is 0.263 e. The summed E-state index contributed by atoms with van der Waals surface area (Å²) < 4.78 is 1.05. The van der Waals surface area contributed by atoms with Crippen molar-refractivity contribution in [1.29, 1.82) is 0 Å². The number of nitrogens with one attached hydrogen (secondary N) is 1. The monoisotopic (exact) mass is 329 g/mol. The van der Waals surface area contributed by atoms with Crippen molar-refractivity contribution in [3.05, 3.63) is 69.1 Å². The van der Waals surface area contributed by atoms with Crippen LogP contribution in [0.5, 0.6) is 0 Å². The lowest BCUT2D eigenvalue weighted by Gasteiger charge is -2.04. The molecule has 22 heavy (non-hydrogen) atoms. The van der Waals surface area contributed by atoms with Crippen molar-refractivity contribution in [1.82, 2.24) is 5.32 Å². The summed E-state index contributed by atoms with van der Waals surface area (Å²) in [5.74, 6) is -0.121. The highest BCUT2D eigenvalue weighted by Crippen LogP contribution is 2.35. The van der Waals surface area contributed by atoms with E-state index in [9.17, 15) is 4.79 Å². The van der Waals surface area contributed by atoms with Crippen molar-refractivity contribution in [2.75, 3.05) is 0 Å². The van der Waals surface area contributed by atoms with Crippen LogP contribution in [0.15, 0.2) is 42.5 Å². The minimum atomic E-state index is -0.121. The fourth-order valence-electron chi connectivity index (χ4n) is 2.29. The van der Waals surface area contributed by atoms with Crippen molar-refractivity contribution in [3.8, 4) is 0 Å². The van der Waals surface area contributed by atoms with E-state index in [0.29, 0.717) is 16.4 Å². The van der Waals surface area contributed by atoms with E-state index in [1.54, 1.807) is 0 Å². The van der Waals surface area contributed by atoms with E-state index >= 15 is 0 Å². The molecule has 0 saturated carbocycles. The van der Waals surface area contributed by atoms with E-state index in [1.165, 1.54) is 16.9 Å². The van der Waals surface area contributed by atoms with Gasteiger partial charge in [0.05, 0.1) is 5.02 Å². The Morgan fingerprint density at radius 3 is 2.50 bits per heavy atom. The van der Waals surface area contributed by atoms with E-state index in [4.69, 9.17) is 11.6 Å². The number of thiophene rings is 1. The van der Waals surface area contributed by atoms with E-state index in [0.717, 1.165) is 21.2 Å². The quantitative estimate of drug-likeness (QED) is 0.711. The molecule has 0 radical (unpaired) electrons. The van der Waals surface area contributed by atoms with Gasteiger partial charge in [-0.3, -0.25) is 4.79 Å². The molecule has 112 valence electrons. The van der Waals surface area contributed by atoms with Gasteiger partial charge < -0.3 is 5.32 Å². The van der Waals surface area contributed by atoms with Crippen LogP contribution in [0, 0.1) is 13.8 Å². The molecule has 2 aromatic carbocycles. The summed E-state index contributed by atoms with van der Waals surface area (Å²) in [4.78, 5) is 13.0. The Morgan fingerprint density at radius 2 is 1.77 bits per heavy atom. The molecule has 1 heterocycles. The number of fused-ring (bicyclic) bond motifs is 1. The highest BCUT2D eigenvalue weighted by molar-refractivity contribution is 7.21. The van der Waals surface area contributed by atoms with Crippen LogP contribution >= 0.6 is 22.9 Å². The Morgan fingerprint density at radius 1 is 1.09 bits per heavy atom. The number of hydrogen-bond acceptors (Lipinski definition) is 2. The molecular weight excluding hydrogens is 314 g/mol. The number of aryl methyl sites for hydroxylation is 2. The van der Waals surface area contributed by atoms with Gasteiger partial charge in [-0.2, -0.15) is 0 Å². The predicted octanol–water partition coefficient (Wildman–Crippen LogP) is 5.10. The number of carbonyl (C=O) groups is 1. The molecular formula is C18H16ClNOS. The molecule has 0 atom stereocenters. The van der Waals surface area contributed by atoms with Gasteiger partial charge >= 0.3 is 0 Å². The number of benzene rings is 2. The Bertz CT molecular complexity index is 836. The standard InChI is InChI=1S/C18H16ClNOS/c1-11-3-6-13(7-4-11)10-20-18(21)17-16(19)14-8-5-12(2)9-15(14)22-17/h3-9H,10H2,1-2H3,(H,20,21). The van der Waals surface area contributed by atoms with Crippen LogP contribution in [0.25, 0.3) is 10.1 Å². The lowest BCUT2D eigenvalue weighted by molar-refractivity contribution is 0.0955. The lowest BCUT2D eigenvalue weighted by atomic mass is 10.1. The van der Waals surface area contributed by atoms with Crippen molar-refractivity contribution in [2.24, 2.45) is 0 Å². The van der Waals surface area contributed by atoms with Gasteiger partial charge in [0, 0.05) is 16.6 Å². The highest BCUT2D eigenvalue weighted by atomic mass is 35.5. The van der Waals surface area contributed by atoms with E-state index < -0.39 is 0 Å². The van der Waals surface area contributed by atoms with Crippen molar-refractivity contribution >= 4 is 38.9 Å². The van der Waals surface area contributed by atoms with Crippen LogP contribution in [0.4, 0.5) is 0 Å². The van der Waals surface area contributed by atoms with Crippen LogP contribution < -0.4 is 5.32 Å². The molecule has 0 unspecified atom stereocenters. The first kappa shape index (κ1) is 15.1. The van der Waals surface area contributed by atoms with Crippen molar-refractivity contribution in [2.45, 2.75) is 20.4 Å². The Hall–Kier alpha value is -1.84. The summed E-state index contributed by atoms with van der Waals surface area (Å²) in [7, 11) is 0. The van der Waals surface area contributed by atoms with Gasteiger partial charge in [0.15, 0.2) is 0 Å². The number of halogens is 1. The van der Waals surface area contributed by atoms with Crippen LogP contribution in [0.3, 0.4) is 0 Å².